The van der Waals surface area contributed by atoms with Crippen molar-refractivity contribution in [2.24, 2.45) is 0 Å². The summed E-state index contributed by atoms with van der Waals surface area (Å²) < 4.78 is 2.45. The lowest BCUT2D eigenvalue weighted by Gasteiger charge is -2.29. The molecule has 2 aliphatic heterocycles. The summed E-state index contributed by atoms with van der Waals surface area (Å²) in [5.41, 5.74) is 3.57. The van der Waals surface area contributed by atoms with E-state index in [1.165, 1.54) is 48.6 Å². The van der Waals surface area contributed by atoms with Gasteiger partial charge in [-0.3, -0.25) is 15.0 Å². The minimum absolute atomic E-state index is 0.191. The molecule has 2 aromatic rings. The number of rotatable bonds is 3. The molecule has 2 N–H and O–H groups in total. The van der Waals surface area contributed by atoms with E-state index in [-0.39, 0.29) is 11.9 Å². The fourth-order valence-electron chi connectivity index (χ4n) is 4.67. The van der Waals surface area contributed by atoms with Crippen LogP contribution >= 0.6 is 0 Å². The Bertz CT molecular complexity index is 893. The number of carbonyl (C=O) groups excluding carboxylic acids is 2. The summed E-state index contributed by atoms with van der Waals surface area (Å²) in [6.45, 7) is 2.61. The lowest BCUT2D eigenvalue weighted by atomic mass is 9.90. The molecule has 27 heavy (non-hydrogen) atoms. The van der Waals surface area contributed by atoms with Crippen molar-refractivity contribution in [2.45, 2.75) is 50.5 Å². The van der Waals surface area contributed by atoms with Crippen LogP contribution in [0.1, 0.15) is 56.0 Å². The molecule has 2 saturated heterocycles. The predicted molar refractivity (Wildman–Crippen MR) is 105 cm³/mol. The van der Waals surface area contributed by atoms with Crippen LogP contribution in [0.4, 0.5) is 10.5 Å². The van der Waals surface area contributed by atoms with Crippen LogP contribution in [0.25, 0.3) is 10.9 Å². The van der Waals surface area contributed by atoms with Gasteiger partial charge in [0, 0.05) is 36.3 Å². The number of hydrogen-bond donors (Lipinski definition) is 2. The van der Waals surface area contributed by atoms with E-state index in [9.17, 15) is 9.59 Å². The molecule has 0 atom stereocenters. The molecule has 1 aliphatic carbocycles. The van der Waals surface area contributed by atoms with E-state index in [1.54, 1.807) is 4.90 Å². The second-order valence-electron chi connectivity index (χ2n) is 8.06. The van der Waals surface area contributed by atoms with Gasteiger partial charge in [0.05, 0.1) is 5.52 Å². The van der Waals surface area contributed by atoms with E-state index >= 15 is 0 Å². The van der Waals surface area contributed by atoms with Crippen molar-refractivity contribution in [3.05, 3.63) is 30.0 Å². The van der Waals surface area contributed by atoms with Crippen LogP contribution in [0.3, 0.4) is 0 Å². The summed E-state index contributed by atoms with van der Waals surface area (Å²) in [5.74, 6) is 0.417. The van der Waals surface area contributed by atoms with Gasteiger partial charge in [-0.2, -0.15) is 0 Å². The number of piperidine rings is 1. The van der Waals surface area contributed by atoms with Gasteiger partial charge < -0.3 is 9.88 Å². The highest BCUT2D eigenvalue weighted by molar-refractivity contribution is 6.06. The number of urea groups is 1. The van der Waals surface area contributed by atoms with Crippen LogP contribution in [0.15, 0.2) is 24.4 Å². The van der Waals surface area contributed by atoms with E-state index < -0.39 is 0 Å². The van der Waals surface area contributed by atoms with Gasteiger partial charge in [0.25, 0.3) is 0 Å². The van der Waals surface area contributed by atoms with E-state index in [2.05, 4.69) is 33.5 Å². The second-order valence-corrected chi connectivity index (χ2v) is 8.06. The van der Waals surface area contributed by atoms with Crippen LogP contribution in [-0.4, -0.2) is 36.1 Å². The number of aromatic nitrogens is 1. The topological polar surface area (TPSA) is 66.4 Å². The Labute approximate surface area is 158 Å². The van der Waals surface area contributed by atoms with Gasteiger partial charge in [-0.05, 0) is 68.8 Å². The fourth-order valence-corrected chi connectivity index (χ4v) is 4.67. The molecule has 1 aromatic heterocycles. The standard InChI is InChI=1S/C21H26N4O2/c26-20-8-11-24(21(27)23-20)16-4-5-17-18(14-6-9-22-10-7-14)13-25(19(17)12-16)15-2-1-3-15/h4-5,12-15,22H,1-3,6-11H2,(H,23,26,27). The summed E-state index contributed by atoms with van der Waals surface area (Å²) in [6.07, 6.45) is 8.87. The summed E-state index contributed by atoms with van der Waals surface area (Å²) in [4.78, 5) is 25.4. The molecule has 5 rings (SSSR count). The van der Waals surface area contributed by atoms with E-state index in [0.29, 0.717) is 24.9 Å². The number of amides is 3. The number of nitrogens with zero attached hydrogens (tertiary/aromatic N) is 2. The van der Waals surface area contributed by atoms with Crippen molar-refractivity contribution in [1.82, 2.24) is 15.2 Å². The zero-order valence-electron chi connectivity index (χ0n) is 15.5. The predicted octanol–water partition coefficient (Wildman–Crippen LogP) is 3.28. The highest BCUT2D eigenvalue weighted by atomic mass is 16.2. The van der Waals surface area contributed by atoms with Crippen molar-refractivity contribution in [3.8, 4) is 0 Å². The smallest absolute Gasteiger partial charge is 0.328 e. The Hall–Kier alpha value is -2.34. The molecule has 0 bridgehead atoms. The number of carbonyl (C=O) groups is 2. The SMILES string of the molecule is O=C1CCN(c2ccc3c(C4CCNCC4)cn(C4CCC4)c3c2)C(=O)N1. The summed E-state index contributed by atoms with van der Waals surface area (Å²) in [7, 11) is 0. The first-order valence-corrected chi connectivity index (χ1v) is 10.2. The van der Waals surface area contributed by atoms with E-state index in [0.717, 1.165) is 18.8 Å². The molecule has 0 unspecified atom stereocenters. The Morgan fingerprint density at radius 1 is 1.04 bits per heavy atom. The lowest BCUT2D eigenvalue weighted by molar-refractivity contribution is -0.120. The maximum Gasteiger partial charge on any atom is 0.328 e. The maximum absolute atomic E-state index is 12.3. The molecule has 142 valence electrons. The van der Waals surface area contributed by atoms with Gasteiger partial charge in [0.1, 0.15) is 0 Å². The number of fused-ring (bicyclic) bond motifs is 1. The number of anilines is 1. The first-order valence-electron chi connectivity index (χ1n) is 10.2. The van der Waals surface area contributed by atoms with Crippen molar-refractivity contribution >= 4 is 28.5 Å². The normalized spacial score (nSPS) is 22.1. The minimum atomic E-state index is -0.314. The zero-order valence-corrected chi connectivity index (χ0v) is 15.5. The first kappa shape index (κ1) is 16.8. The van der Waals surface area contributed by atoms with Crippen LogP contribution in [0.5, 0.6) is 0 Å². The molecule has 0 radical (unpaired) electrons. The zero-order chi connectivity index (χ0) is 18.4. The van der Waals surface area contributed by atoms with Gasteiger partial charge in [0.15, 0.2) is 0 Å². The Morgan fingerprint density at radius 2 is 1.85 bits per heavy atom. The third kappa shape index (κ3) is 2.92. The quantitative estimate of drug-likeness (QED) is 0.876. The average molecular weight is 366 g/mol. The minimum Gasteiger partial charge on any atom is -0.344 e. The van der Waals surface area contributed by atoms with Gasteiger partial charge in [-0.15, -0.1) is 0 Å². The van der Waals surface area contributed by atoms with Gasteiger partial charge in [-0.25, -0.2) is 4.79 Å². The monoisotopic (exact) mass is 366 g/mol. The molecule has 0 spiro atoms. The number of hydrogen-bond acceptors (Lipinski definition) is 3. The van der Waals surface area contributed by atoms with Crippen molar-refractivity contribution < 1.29 is 9.59 Å². The molecule has 3 heterocycles. The molecular formula is C21H26N4O2. The summed E-state index contributed by atoms with van der Waals surface area (Å²) in [5, 5.41) is 7.21. The van der Waals surface area contributed by atoms with Crippen LogP contribution in [-0.2, 0) is 4.79 Å². The highest BCUT2D eigenvalue weighted by Gasteiger charge is 2.28. The number of nitrogens with one attached hydrogen (secondary N) is 2. The van der Waals surface area contributed by atoms with Crippen molar-refractivity contribution in [1.29, 1.82) is 0 Å². The summed E-state index contributed by atoms with van der Waals surface area (Å²) in [6, 6.07) is 6.63. The third-order valence-electron chi connectivity index (χ3n) is 6.46. The molecule has 3 fully saturated rings. The maximum atomic E-state index is 12.3. The third-order valence-corrected chi connectivity index (χ3v) is 6.46. The lowest BCUT2D eigenvalue weighted by Crippen LogP contribution is -2.49. The largest absolute Gasteiger partial charge is 0.344 e. The highest BCUT2D eigenvalue weighted by Crippen LogP contribution is 2.40. The van der Waals surface area contributed by atoms with Gasteiger partial charge in [-0.1, -0.05) is 6.07 Å². The Kier molecular flexibility index (Phi) is 4.16. The molecule has 3 amide bonds. The summed E-state index contributed by atoms with van der Waals surface area (Å²) >= 11 is 0. The molecule has 3 aliphatic rings. The molecular weight excluding hydrogens is 340 g/mol. The van der Waals surface area contributed by atoms with E-state index in [1.807, 2.05) is 6.07 Å². The van der Waals surface area contributed by atoms with Crippen LogP contribution in [0, 0.1) is 0 Å². The molecule has 1 aromatic carbocycles. The molecule has 1 saturated carbocycles. The Morgan fingerprint density at radius 3 is 2.56 bits per heavy atom. The first-order chi connectivity index (χ1) is 13.2. The van der Waals surface area contributed by atoms with Gasteiger partial charge >= 0.3 is 6.03 Å². The fraction of sp³-hybridized carbons (Fsp3) is 0.524. The number of benzene rings is 1. The van der Waals surface area contributed by atoms with Gasteiger partial charge in [0.2, 0.25) is 5.91 Å². The van der Waals surface area contributed by atoms with Crippen molar-refractivity contribution in [3.63, 3.8) is 0 Å². The van der Waals surface area contributed by atoms with E-state index in [4.69, 9.17) is 0 Å². The number of imide groups is 1. The molecule has 6 nitrogen and oxygen atoms in total. The molecule has 6 heteroatoms. The van der Waals surface area contributed by atoms with Crippen LogP contribution < -0.4 is 15.5 Å². The van der Waals surface area contributed by atoms with Crippen LogP contribution in [0.2, 0.25) is 0 Å². The Balaban J connectivity index is 1.56. The average Bonchev–Trinajstić information content (AvgIpc) is 3.00. The van der Waals surface area contributed by atoms with Crippen molar-refractivity contribution in [2.75, 3.05) is 24.5 Å². The second kappa shape index (κ2) is 6.68.